The van der Waals surface area contributed by atoms with Crippen LogP contribution < -0.4 is 0 Å². The fourth-order valence-electron chi connectivity index (χ4n) is 3.71. The van der Waals surface area contributed by atoms with Crippen LogP contribution >= 0.6 is 0 Å². The smallest absolute Gasteiger partial charge is 0.240 e. The van der Waals surface area contributed by atoms with Crippen LogP contribution in [0, 0.1) is 11.8 Å². The summed E-state index contributed by atoms with van der Waals surface area (Å²) in [7, 11) is -3.54. The number of nitrogens with zero attached hydrogens (tertiary/aromatic N) is 1. The first-order valence-corrected chi connectivity index (χ1v) is 11.2. The minimum Gasteiger partial charge on any atom is -0.341 e. The molecule has 0 radical (unpaired) electrons. The van der Waals surface area contributed by atoms with E-state index in [1.165, 1.54) is 12.5 Å². The molecule has 0 N–H and O–H groups in total. The van der Waals surface area contributed by atoms with Gasteiger partial charge in [0.2, 0.25) is 5.91 Å². The van der Waals surface area contributed by atoms with E-state index in [1.807, 2.05) is 24.3 Å². The van der Waals surface area contributed by atoms with Crippen LogP contribution in [0.3, 0.4) is 0 Å². The van der Waals surface area contributed by atoms with E-state index in [4.69, 9.17) is 0 Å². The number of benzene rings is 1. The minimum absolute atomic E-state index is 0.0301. The molecule has 4 nitrogen and oxygen atoms in total. The Kier molecular flexibility index (Phi) is 6.21. The van der Waals surface area contributed by atoms with Gasteiger partial charge in [-0.25, -0.2) is 8.42 Å². The van der Waals surface area contributed by atoms with Gasteiger partial charge in [-0.15, -0.1) is 0 Å². The Morgan fingerprint density at radius 1 is 1.12 bits per heavy atom. The van der Waals surface area contributed by atoms with Crippen molar-refractivity contribution in [1.82, 2.24) is 4.90 Å². The number of amides is 1. The Morgan fingerprint density at radius 3 is 2.08 bits per heavy atom. The van der Waals surface area contributed by atoms with Crippen LogP contribution in [-0.4, -0.2) is 37.6 Å². The Bertz CT molecular complexity index is 722. The van der Waals surface area contributed by atoms with Crippen molar-refractivity contribution >= 4 is 15.7 Å². The lowest BCUT2D eigenvalue weighted by Gasteiger charge is -2.36. The minimum atomic E-state index is -3.54. The summed E-state index contributed by atoms with van der Waals surface area (Å²) in [6.07, 6.45) is 1.09. The summed E-state index contributed by atoms with van der Waals surface area (Å²) in [5, 5.41) is -0.998. The average molecular weight is 380 g/mol. The highest BCUT2D eigenvalue weighted by Gasteiger charge is 2.34. The second kappa shape index (κ2) is 7.71. The molecule has 26 heavy (non-hydrogen) atoms. The molecular weight excluding hydrogens is 346 g/mol. The maximum absolute atomic E-state index is 12.8. The molecular formula is C21H33NO3S. The molecule has 1 saturated heterocycles. The van der Waals surface area contributed by atoms with Gasteiger partial charge < -0.3 is 4.90 Å². The molecule has 3 atom stereocenters. The topological polar surface area (TPSA) is 54.5 Å². The summed E-state index contributed by atoms with van der Waals surface area (Å²) in [6, 6.07) is 7.68. The Morgan fingerprint density at radius 2 is 1.62 bits per heavy atom. The van der Waals surface area contributed by atoms with Gasteiger partial charge in [0.05, 0.1) is 5.75 Å². The normalized spacial score (nSPS) is 22.9. The molecule has 1 aliphatic rings. The number of rotatable bonds is 4. The molecule has 0 aliphatic carbocycles. The van der Waals surface area contributed by atoms with Crippen LogP contribution in [-0.2, 0) is 25.8 Å². The molecule has 0 spiro atoms. The standard InChI is InChI=1S/C21H33NO3S/c1-15-11-16(2)13-22(12-15)20(23)17(3)26(24,25)14-18-7-9-19(10-8-18)21(4,5)6/h7-10,15-17H,11-14H2,1-6H3/t15-,16+,17-/m0/s1. The van der Waals surface area contributed by atoms with Crippen molar-refractivity contribution in [2.75, 3.05) is 13.1 Å². The Balaban J connectivity index is 2.10. The Labute approximate surface area is 158 Å². The summed E-state index contributed by atoms with van der Waals surface area (Å²) >= 11 is 0. The zero-order valence-electron chi connectivity index (χ0n) is 17.0. The zero-order chi connectivity index (χ0) is 19.7. The van der Waals surface area contributed by atoms with Crippen LogP contribution in [0.5, 0.6) is 0 Å². The van der Waals surface area contributed by atoms with E-state index in [9.17, 15) is 13.2 Å². The molecule has 2 rings (SSSR count). The van der Waals surface area contributed by atoms with E-state index in [2.05, 4.69) is 34.6 Å². The molecule has 5 heteroatoms. The molecule has 0 unspecified atom stereocenters. The van der Waals surface area contributed by atoms with Gasteiger partial charge in [-0.2, -0.15) is 0 Å². The van der Waals surface area contributed by atoms with E-state index < -0.39 is 15.1 Å². The van der Waals surface area contributed by atoms with Gasteiger partial charge in [0.15, 0.2) is 9.84 Å². The third-order valence-corrected chi connectivity index (χ3v) is 7.27. The molecule has 1 aromatic rings. The summed E-state index contributed by atoms with van der Waals surface area (Å²) in [5.74, 6) is 0.489. The lowest BCUT2D eigenvalue weighted by atomic mass is 9.87. The first-order valence-electron chi connectivity index (χ1n) is 9.50. The number of hydrogen-bond donors (Lipinski definition) is 0. The van der Waals surface area contributed by atoms with Crippen LogP contribution in [0.2, 0.25) is 0 Å². The molecule has 146 valence electrons. The summed E-state index contributed by atoms with van der Waals surface area (Å²) in [5.41, 5.74) is 1.93. The molecule has 1 amide bonds. The highest BCUT2D eigenvalue weighted by atomic mass is 32.2. The molecule has 0 bridgehead atoms. The molecule has 1 aromatic carbocycles. The van der Waals surface area contributed by atoms with Crippen molar-refractivity contribution in [3.8, 4) is 0 Å². The zero-order valence-corrected chi connectivity index (χ0v) is 17.8. The SMILES string of the molecule is C[C@@H]1C[C@H](C)CN(C(=O)[C@H](C)S(=O)(=O)Cc2ccc(C(C)(C)C)cc2)C1. The quantitative estimate of drug-likeness (QED) is 0.800. The number of likely N-dealkylation sites (tertiary alicyclic amines) is 1. The number of hydrogen-bond acceptors (Lipinski definition) is 3. The van der Waals surface area contributed by atoms with Crippen molar-refractivity contribution in [2.45, 2.75) is 64.4 Å². The lowest BCUT2D eigenvalue weighted by Crippen LogP contribution is -2.48. The van der Waals surface area contributed by atoms with Gasteiger partial charge in [-0.1, -0.05) is 58.9 Å². The van der Waals surface area contributed by atoms with Gasteiger partial charge in [-0.3, -0.25) is 4.79 Å². The highest BCUT2D eigenvalue weighted by Crippen LogP contribution is 2.25. The van der Waals surface area contributed by atoms with Crippen molar-refractivity contribution in [1.29, 1.82) is 0 Å². The fraction of sp³-hybridized carbons (Fsp3) is 0.667. The maximum Gasteiger partial charge on any atom is 0.240 e. The van der Waals surface area contributed by atoms with Crippen LogP contribution in [0.25, 0.3) is 0 Å². The van der Waals surface area contributed by atoms with Crippen molar-refractivity contribution < 1.29 is 13.2 Å². The van der Waals surface area contributed by atoms with Gasteiger partial charge in [0, 0.05) is 13.1 Å². The molecule has 0 saturated carbocycles. The van der Waals surface area contributed by atoms with Crippen molar-refractivity contribution in [3.63, 3.8) is 0 Å². The Hall–Kier alpha value is -1.36. The van der Waals surface area contributed by atoms with Gasteiger partial charge in [-0.05, 0) is 41.7 Å². The molecule has 1 fully saturated rings. The van der Waals surface area contributed by atoms with Gasteiger partial charge >= 0.3 is 0 Å². The van der Waals surface area contributed by atoms with Crippen LogP contribution in [0.1, 0.15) is 59.1 Å². The monoisotopic (exact) mass is 379 g/mol. The number of carbonyl (C=O) groups is 1. The van der Waals surface area contributed by atoms with E-state index >= 15 is 0 Å². The van der Waals surface area contributed by atoms with E-state index in [0.717, 1.165) is 12.0 Å². The molecule has 1 aliphatic heterocycles. The maximum atomic E-state index is 12.8. The second-order valence-electron chi connectivity index (χ2n) is 9.09. The first-order chi connectivity index (χ1) is 11.9. The first kappa shape index (κ1) is 20.9. The van der Waals surface area contributed by atoms with E-state index in [-0.39, 0.29) is 17.1 Å². The summed E-state index contributed by atoms with van der Waals surface area (Å²) < 4.78 is 25.6. The number of piperidine rings is 1. The van der Waals surface area contributed by atoms with Crippen molar-refractivity contribution in [2.24, 2.45) is 11.8 Å². The third-order valence-electron chi connectivity index (χ3n) is 5.25. The van der Waals surface area contributed by atoms with E-state index in [1.54, 1.807) is 4.90 Å². The van der Waals surface area contributed by atoms with Crippen LogP contribution in [0.4, 0.5) is 0 Å². The van der Waals surface area contributed by atoms with E-state index in [0.29, 0.717) is 24.9 Å². The van der Waals surface area contributed by atoms with Gasteiger partial charge in [0.25, 0.3) is 0 Å². The molecule has 0 aromatic heterocycles. The third kappa shape index (κ3) is 5.09. The lowest BCUT2D eigenvalue weighted by molar-refractivity contribution is -0.133. The summed E-state index contributed by atoms with van der Waals surface area (Å²) in [6.45, 7) is 13.5. The van der Waals surface area contributed by atoms with Crippen molar-refractivity contribution in [3.05, 3.63) is 35.4 Å². The highest BCUT2D eigenvalue weighted by molar-refractivity contribution is 7.92. The average Bonchev–Trinajstić information content (AvgIpc) is 2.51. The predicted octanol–water partition coefficient (Wildman–Crippen LogP) is 3.79. The fourth-order valence-corrected chi connectivity index (χ4v) is 5.08. The largest absolute Gasteiger partial charge is 0.341 e. The number of carbonyl (C=O) groups excluding carboxylic acids is 1. The van der Waals surface area contributed by atoms with Crippen LogP contribution in [0.15, 0.2) is 24.3 Å². The summed E-state index contributed by atoms with van der Waals surface area (Å²) in [4.78, 5) is 14.5. The van der Waals surface area contributed by atoms with Gasteiger partial charge in [0.1, 0.15) is 5.25 Å². The molecule has 1 heterocycles. The number of sulfone groups is 1. The second-order valence-corrected chi connectivity index (χ2v) is 11.4. The predicted molar refractivity (Wildman–Crippen MR) is 107 cm³/mol.